The highest BCUT2D eigenvalue weighted by Gasteiger charge is 2.36. The molecule has 0 spiro atoms. The van der Waals surface area contributed by atoms with Crippen molar-refractivity contribution in [1.82, 2.24) is 0 Å². The van der Waals surface area contributed by atoms with Gasteiger partial charge >= 0.3 is 5.97 Å². The Kier molecular flexibility index (Phi) is 5.96. The molecule has 2 atom stereocenters. The van der Waals surface area contributed by atoms with E-state index in [1.54, 1.807) is 0 Å². The van der Waals surface area contributed by atoms with Gasteiger partial charge in [-0.15, -0.1) is 0 Å². The van der Waals surface area contributed by atoms with Gasteiger partial charge in [0.2, 0.25) is 0 Å². The van der Waals surface area contributed by atoms with E-state index in [9.17, 15) is 9.90 Å². The Morgan fingerprint density at radius 3 is 2.65 bits per heavy atom. The molecule has 1 fully saturated rings. The number of carbonyl (C=O) groups is 1. The summed E-state index contributed by atoms with van der Waals surface area (Å²) in [5.74, 6) is -0.619. The lowest BCUT2D eigenvalue weighted by molar-refractivity contribution is -0.150. The van der Waals surface area contributed by atoms with Gasteiger partial charge < -0.3 is 9.84 Å². The molecule has 1 N–H and O–H groups in total. The molecule has 0 amide bonds. The predicted molar refractivity (Wildman–Crippen MR) is 68.1 cm³/mol. The second-order valence-corrected chi connectivity index (χ2v) is 5.22. The van der Waals surface area contributed by atoms with E-state index in [-0.39, 0.29) is 0 Å². The molecule has 1 saturated heterocycles. The predicted octanol–water partition coefficient (Wildman–Crippen LogP) is 3.62. The normalized spacial score (nSPS) is 23.5. The van der Waals surface area contributed by atoms with E-state index in [1.165, 1.54) is 0 Å². The third-order valence-corrected chi connectivity index (χ3v) is 4.11. The molecule has 0 aromatic rings. The topological polar surface area (TPSA) is 46.5 Å². The third-order valence-electron chi connectivity index (χ3n) is 4.11. The fraction of sp³-hybridized carbons (Fsp3) is 0.929. The second-order valence-electron chi connectivity index (χ2n) is 5.22. The van der Waals surface area contributed by atoms with Gasteiger partial charge in [0.05, 0.1) is 11.5 Å². The van der Waals surface area contributed by atoms with E-state index in [0.29, 0.717) is 6.10 Å². The van der Waals surface area contributed by atoms with Gasteiger partial charge in [-0.2, -0.15) is 0 Å². The van der Waals surface area contributed by atoms with Gasteiger partial charge in [-0.3, -0.25) is 4.79 Å². The van der Waals surface area contributed by atoms with Crippen molar-refractivity contribution < 1.29 is 14.6 Å². The van der Waals surface area contributed by atoms with Crippen LogP contribution in [0.4, 0.5) is 0 Å². The van der Waals surface area contributed by atoms with Crippen molar-refractivity contribution in [3.8, 4) is 0 Å². The lowest BCUT2D eigenvalue weighted by atomic mass is 9.76. The fourth-order valence-electron chi connectivity index (χ4n) is 2.67. The number of hydrogen-bond donors (Lipinski definition) is 1. The Bertz CT molecular complexity index is 234. The Hall–Kier alpha value is -0.570. The number of carboxylic acid groups (broad SMARTS) is 1. The monoisotopic (exact) mass is 242 g/mol. The minimum Gasteiger partial charge on any atom is -0.481 e. The molecule has 100 valence electrons. The minimum absolute atomic E-state index is 0.307. The van der Waals surface area contributed by atoms with Crippen LogP contribution in [-0.4, -0.2) is 23.8 Å². The van der Waals surface area contributed by atoms with Gasteiger partial charge in [0.25, 0.3) is 0 Å². The number of ether oxygens (including phenoxy) is 1. The molecule has 0 aliphatic carbocycles. The fourth-order valence-corrected chi connectivity index (χ4v) is 2.67. The summed E-state index contributed by atoms with van der Waals surface area (Å²) in [5, 5.41) is 9.48. The zero-order valence-corrected chi connectivity index (χ0v) is 11.2. The standard InChI is InChI=1S/C14H26O3/c1-3-5-9-14(4-2,13(15)16)10-8-12-7-6-11-17-12/h12H,3-11H2,1-2H3,(H,15,16). The first kappa shape index (κ1) is 14.5. The third kappa shape index (κ3) is 3.98. The van der Waals surface area contributed by atoms with E-state index < -0.39 is 11.4 Å². The first-order chi connectivity index (χ1) is 8.14. The summed E-state index contributed by atoms with van der Waals surface area (Å²) in [7, 11) is 0. The van der Waals surface area contributed by atoms with Crippen molar-refractivity contribution in [2.75, 3.05) is 6.61 Å². The van der Waals surface area contributed by atoms with Crippen LogP contribution in [0.15, 0.2) is 0 Å². The van der Waals surface area contributed by atoms with E-state index in [4.69, 9.17) is 4.74 Å². The molecule has 17 heavy (non-hydrogen) atoms. The maximum Gasteiger partial charge on any atom is 0.309 e. The van der Waals surface area contributed by atoms with Crippen LogP contribution >= 0.6 is 0 Å². The summed E-state index contributed by atoms with van der Waals surface area (Å²) in [6.45, 7) is 4.97. The molecule has 1 rings (SSSR count). The van der Waals surface area contributed by atoms with Crippen LogP contribution < -0.4 is 0 Å². The van der Waals surface area contributed by atoms with Crippen molar-refractivity contribution in [2.24, 2.45) is 5.41 Å². The lowest BCUT2D eigenvalue weighted by Crippen LogP contribution is -2.31. The summed E-state index contributed by atoms with van der Waals surface area (Å²) in [6, 6.07) is 0. The second kappa shape index (κ2) is 7.00. The number of hydrogen-bond acceptors (Lipinski definition) is 2. The van der Waals surface area contributed by atoms with E-state index >= 15 is 0 Å². The molecule has 1 aliphatic rings. The number of carboxylic acids is 1. The zero-order chi connectivity index (χ0) is 12.7. The van der Waals surface area contributed by atoms with Crippen LogP contribution in [0, 0.1) is 5.41 Å². The number of unbranched alkanes of at least 4 members (excludes halogenated alkanes) is 1. The highest BCUT2D eigenvalue weighted by molar-refractivity contribution is 5.74. The largest absolute Gasteiger partial charge is 0.481 e. The average molecular weight is 242 g/mol. The number of rotatable bonds is 8. The molecule has 0 aromatic heterocycles. The summed E-state index contributed by atoms with van der Waals surface area (Å²) in [4.78, 5) is 11.5. The highest BCUT2D eigenvalue weighted by atomic mass is 16.5. The summed E-state index contributed by atoms with van der Waals surface area (Å²) in [5.41, 5.74) is -0.512. The molecule has 1 heterocycles. The van der Waals surface area contributed by atoms with E-state index in [2.05, 4.69) is 6.92 Å². The molecule has 3 nitrogen and oxygen atoms in total. The molecule has 2 unspecified atom stereocenters. The first-order valence-corrected chi connectivity index (χ1v) is 6.99. The van der Waals surface area contributed by atoms with Gasteiger partial charge in [0.1, 0.15) is 0 Å². The van der Waals surface area contributed by atoms with Crippen LogP contribution in [0.3, 0.4) is 0 Å². The van der Waals surface area contributed by atoms with Crippen LogP contribution in [0.2, 0.25) is 0 Å². The van der Waals surface area contributed by atoms with Crippen molar-refractivity contribution in [2.45, 2.75) is 71.3 Å². The van der Waals surface area contributed by atoms with Crippen molar-refractivity contribution in [1.29, 1.82) is 0 Å². The maximum absolute atomic E-state index is 11.5. The van der Waals surface area contributed by atoms with Crippen LogP contribution in [-0.2, 0) is 9.53 Å². The van der Waals surface area contributed by atoms with Crippen molar-refractivity contribution >= 4 is 5.97 Å². The molecule has 3 heteroatoms. The Labute approximate surface area is 105 Å². The molecular formula is C14H26O3. The molecule has 0 saturated carbocycles. The van der Waals surface area contributed by atoms with Gasteiger partial charge in [-0.05, 0) is 38.5 Å². The van der Waals surface area contributed by atoms with Gasteiger partial charge in [-0.25, -0.2) is 0 Å². The smallest absolute Gasteiger partial charge is 0.309 e. The minimum atomic E-state index is -0.619. The summed E-state index contributed by atoms with van der Waals surface area (Å²) >= 11 is 0. The van der Waals surface area contributed by atoms with Gasteiger partial charge in [0, 0.05) is 6.61 Å². The van der Waals surface area contributed by atoms with Crippen LogP contribution in [0.5, 0.6) is 0 Å². The summed E-state index contributed by atoms with van der Waals surface area (Å²) in [6.07, 6.45) is 7.83. The quantitative estimate of drug-likeness (QED) is 0.707. The van der Waals surface area contributed by atoms with E-state index in [0.717, 1.165) is 58.0 Å². The molecule has 0 aromatic carbocycles. The molecule has 0 bridgehead atoms. The first-order valence-electron chi connectivity index (χ1n) is 6.99. The molecule has 1 aliphatic heterocycles. The Morgan fingerprint density at radius 2 is 2.18 bits per heavy atom. The highest BCUT2D eigenvalue weighted by Crippen LogP contribution is 2.36. The number of aliphatic carboxylic acids is 1. The maximum atomic E-state index is 11.5. The van der Waals surface area contributed by atoms with Gasteiger partial charge in [-0.1, -0.05) is 26.7 Å². The lowest BCUT2D eigenvalue weighted by Gasteiger charge is -2.29. The van der Waals surface area contributed by atoms with Crippen molar-refractivity contribution in [3.05, 3.63) is 0 Å². The van der Waals surface area contributed by atoms with Crippen LogP contribution in [0.25, 0.3) is 0 Å². The van der Waals surface area contributed by atoms with E-state index in [1.807, 2.05) is 6.92 Å². The van der Waals surface area contributed by atoms with Crippen LogP contribution in [0.1, 0.15) is 65.2 Å². The summed E-state index contributed by atoms with van der Waals surface area (Å²) < 4.78 is 5.58. The molecule has 0 radical (unpaired) electrons. The molecular weight excluding hydrogens is 216 g/mol. The zero-order valence-electron chi connectivity index (χ0n) is 11.2. The Balaban J connectivity index is 2.51. The SMILES string of the molecule is CCCCC(CC)(CCC1CCCO1)C(=O)O. The average Bonchev–Trinajstić information content (AvgIpc) is 2.82. The Morgan fingerprint density at radius 1 is 1.41 bits per heavy atom. The van der Waals surface area contributed by atoms with Crippen molar-refractivity contribution in [3.63, 3.8) is 0 Å². The van der Waals surface area contributed by atoms with Gasteiger partial charge in [0.15, 0.2) is 0 Å².